The summed E-state index contributed by atoms with van der Waals surface area (Å²) >= 11 is 1.41. The van der Waals surface area contributed by atoms with E-state index in [-0.39, 0.29) is 17.3 Å². The van der Waals surface area contributed by atoms with Gasteiger partial charge >= 0.3 is 0 Å². The monoisotopic (exact) mass is 397 g/mol. The fraction of sp³-hybridized carbons (Fsp3) is 0.438. The van der Waals surface area contributed by atoms with Crippen molar-refractivity contribution in [3.8, 4) is 0 Å². The van der Waals surface area contributed by atoms with E-state index in [4.69, 9.17) is 0 Å². The highest BCUT2D eigenvalue weighted by Crippen LogP contribution is 2.20. The summed E-state index contributed by atoms with van der Waals surface area (Å²) in [5, 5.41) is 10.1. The van der Waals surface area contributed by atoms with Crippen molar-refractivity contribution >= 4 is 27.7 Å². The maximum atomic E-state index is 12.7. The molecule has 0 aliphatic heterocycles. The topological polar surface area (TPSA) is 108 Å². The molecule has 0 atom stereocenters. The Morgan fingerprint density at radius 2 is 2.04 bits per heavy atom. The number of amides is 1. The third-order valence-electron chi connectivity index (χ3n) is 3.63. The van der Waals surface area contributed by atoms with E-state index in [0.29, 0.717) is 23.0 Å². The molecule has 0 fully saturated rings. The molecular weight excluding hydrogens is 374 g/mol. The molecule has 1 heterocycles. The molecule has 1 aromatic heterocycles. The lowest BCUT2D eigenvalue weighted by molar-refractivity contribution is -0.121. The van der Waals surface area contributed by atoms with Crippen molar-refractivity contribution in [2.45, 2.75) is 30.8 Å². The van der Waals surface area contributed by atoms with E-state index >= 15 is 0 Å². The molecule has 0 aliphatic rings. The minimum absolute atomic E-state index is 0.225. The number of aryl methyl sites for hydroxylation is 3. The third-order valence-corrected chi connectivity index (χ3v) is 6.42. The molecule has 8 nitrogen and oxygen atoms in total. The zero-order valence-electron chi connectivity index (χ0n) is 15.2. The Kier molecular flexibility index (Phi) is 6.79. The first-order valence-electron chi connectivity index (χ1n) is 8.02. The predicted octanol–water partition coefficient (Wildman–Crippen LogP) is 1.26. The van der Waals surface area contributed by atoms with Gasteiger partial charge in [-0.1, -0.05) is 23.9 Å². The summed E-state index contributed by atoms with van der Waals surface area (Å²) in [6, 6.07) is 5.24. The first kappa shape index (κ1) is 20.4. The Labute approximate surface area is 157 Å². The van der Waals surface area contributed by atoms with Gasteiger partial charge in [0.05, 0.1) is 11.4 Å². The van der Waals surface area contributed by atoms with E-state index in [1.807, 2.05) is 19.9 Å². The number of nitrogens with zero attached hydrogens (tertiary/aromatic N) is 3. The van der Waals surface area contributed by atoms with Crippen LogP contribution in [0.4, 0.5) is 0 Å². The number of carbonyl (C=O) groups is 1. The standard InChI is InChI=1S/C16H23N5O3S2/c1-11-5-6-12(2)14(9-11)26(23,24)21(4)10-15(22)17-7-8-25-16-18-13(3)19-20-16/h5-6,9H,7-8,10H2,1-4H3,(H,17,22)(H,18,19,20). The molecule has 0 bridgehead atoms. The second-order valence-corrected chi connectivity index (χ2v) is 9.01. The molecule has 26 heavy (non-hydrogen) atoms. The largest absolute Gasteiger partial charge is 0.354 e. The second-order valence-electron chi connectivity index (χ2n) is 5.93. The molecule has 10 heteroatoms. The Bertz CT molecular complexity index is 880. The maximum Gasteiger partial charge on any atom is 0.243 e. The lowest BCUT2D eigenvalue weighted by Crippen LogP contribution is -2.39. The smallest absolute Gasteiger partial charge is 0.243 e. The summed E-state index contributed by atoms with van der Waals surface area (Å²) in [5.41, 5.74) is 1.51. The van der Waals surface area contributed by atoms with Crippen LogP contribution in [0.3, 0.4) is 0 Å². The summed E-state index contributed by atoms with van der Waals surface area (Å²) in [5.74, 6) is 0.971. The Balaban J connectivity index is 1.86. The predicted molar refractivity (Wildman–Crippen MR) is 101 cm³/mol. The average Bonchev–Trinajstić information content (AvgIpc) is 2.99. The number of H-pyrrole nitrogens is 1. The zero-order valence-corrected chi connectivity index (χ0v) is 16.9. The summed E-state index contributed by atoms with van der Waals surface area (Å²) in [7, 11) is -2.31. The van der Waals surface area contributed by atoms with Crippen molar-refractivity contribution < 1.29 is 13.2 Å². The average molecular weight is 398 g/mol. The summed E-state index contributed by atoms with van der Waals surface area (Å²) < 4.78 is 26.4. The lowest BCUT2D eigenvalue weighted by atomic mass is 10.2. The van der Waals surface area contributed by atoms with Crippen LogP contribution in [0, 0.1) is 20.8 Å². The number of sulfonamides is 1. The van der Waals surface area contributed by atoms with Crippen LogP contribution in [0.25, 0.3) is 0 Å². The van der Waals surface area contributed by atoms with Gasteiger partial charge < -0.3 is 5.32 Å². The normalized spacial score (nSPS) is 11.7. The van der Waals surface area contributed by atoms with Crippen molar-refractivity contribution in [1.82, 2.24) is 24.8 Å². The summed E-state index contributed by atoms with van der Waals surface area (Å²) in [6.45, 7) is 5.54. The number of hydrogen-bond acceptors (Lipinski definition) is 6. The Morgan fingerprint density at radius 1 is 1.31 bits per heavy atom. The number of benzene rings is 1. The number of carbonyl (C=O) groups excluding carboxylic acids is 1. The van der Waals surface area contributed by atoms with E-state index in [2.05, 4.69) is 20.5 Å². The molecule has 0 radical (unpaired) electrons. The van der Waals surface area contributed by atoms with Gasteiger partial charge in [0.25, 0.3) is 0 Å². The van der Waals surface area contributed by atoms with Crippen LogP contribution in [-0.2, 0) is 14.8 Å². The van der Waals surface area contributed by atoms with Crippen LogP contribution in [0.5, 0.6) is 0 Å². The summed E-state index contributed by atoms with van der Waals surface area (Å²) in [4.78, 5) is 16.4. The second kappa shape index (κ2) is 8.65. The van der Waals surface area contributed by atoms with Crippen LogP contribution in [0.15, 0.2) is 28.3 Å². The fourth-order valence-electron chi connectivity index (χ4n) is 2.22. The molecule has 0 saturated carbocycles. The molecule has 2 N–H and O–H groups in total. The van der Waals surface area contributed by atoms with Gasteiger partial charge in [-0.05, 0) is 38.0 Å². The number of likely N-dealkylation sites (N-methyl/N-ethyl adjacent to an activating group) is 1. The number of rotatable bonds is 8. The van der Waals surface area contributed by atoms with Crippen LogP contribution < -0.4 is 5.32 Å². The van der Waals surface area contributed by atoms with Gasteiger partial charge in [-0.25, -0.2) is 13.4 Å². The molecule has 0 unspecified atom stereocenters. The van der Waals surface area contributed by atoms with Crippen LogP contribution in [0.1, 0.15) is 17.0 Å². The van der Waals surface area contributed by atoms with Gasteiger partial charge in [-0.15, -0.1) is 5.10 Å². The van der Waals surface area contributed by atoms with E-state index in [1.165, 1.54) is 18.8 Å². The molecule has 0 aliphatic carbocycles. The molecule has 0 saturated heterocycles. The molecule has 0 spiro atoms. The van der Waals surface area contributed by atoms with E-state index in [0.717, 1.165) is 15.7 Å². The number of thioether (sulfide) groups is 1. The van der Waals surface area contributed by atoms with Crippen molar-refractivity contribution in [2.75, 3.05) is 25.9 Å². The number of hydrogen-bond donors (Lipinski definition) is 2. The van der Waals surface area contributed by atoms with E-state index < -0.39 is 10.0 Å². The van der Waals surface area contributed by atoms with Crippen LogP contribution >= 0.6 is 11.8 Å². The number of aromatic amines is 1. The molecule has 2 aromatic rings. The number of nitrogens with one attached hydrogen (secondary N) is 2. The fourth-order valence-corrected chi connectivity index (χ4v) is 4.35. The van der Waals surface area contributed by atoms with Gasteiger partial charge in [-0.2, -0.15) is 4.31 Å². The molecule has 1 amide bonds. The third kappa shape index (κ3) is 5.29. The van der Waals surface area contributed by atoms with Crippen molar-refractivity contribution in [2.24, 2.45) is 0 Å². The zero-order chi connectivity index (χ0) is 19.3. The van der Waals surface area contributed by atoms with Gasteiger partial charge in [0, 0.05) is 19.3 Å². The summed E-state index contributed by atoms with van der Waals surface area (Å²) in [6.07, 6.45) is 0. The highest BCUT2D eigenvalue weighted by molar-refractivity contribution is 7.99. The van der Waals surface area contributed by atoms with E-state index in [1.54, 1.807) is 19.1 Å². The molecule has 1 aromatic carbocycles. The highest BCUT2D eigenvalue weighted by atomic mass is 32.2. The minimum Gasteiger partial charge on any atom is -0.354 e. The Hall–Kier alpha value is -1.91. The Morgan fingerprint density at radius 3 is 2.69 bits per heavy atom. The van der Waals surface area contributed by atoms with Gasteiger partial charge in [-0.3, -0.25) is 9.89 Å². The maximum absolute atomic E-state index is 12.7. The lowest BCUT2D eigenvalue weighted by Gasteiger charge is -2.18. The minimum atomic E-state index is -3.71. The van der Waals surface area contributed by atoms with Gasteiger partial charge in [0.15, 0.2) is 0 Å². The van der Waals surface area contributed by atoms with Gasteiger partial charge in [0.2, 0.25) is 21.1 Å². The van der Waals surface area contributed by atoms with Gasteiger partial charge in [0.1, 0.15) is 5.82 Å². The molecule has 2 rings (SSSR count). The van der Waals surface area contributed by atoms with E-state index in [9.17, 15) is 13.2 Å². The SMILES string of the molecule is Cc1ccc(C)c(S(=O)(=O)N(C)CC(=O)NCCSc2n[nH]c(C)n2)c1. The van der Waals surface area contributed by atoms with Crippen molar-refractivity contribution in [1.29, 1.82) is 0 Å². The van der Waals surface area contributed by atoms with Crippen molar-refractivity contribution in [3.05, 3.63) is 35.2 Å². The molecule has 142 valence electrons. The quantitative estimate of drug-likeness (QED) is 0.513. The highest BCUT2D eigenvalue weighted by Gasteiger charge is 2.24. The first-order chi connectivity index (χ1) is 12.2. The van der Waals surface area contributed by atoms with Crippen LogP contribution in [-0.4, -0.2) is 59.7 Å². The van der Waals surface area contributed by atoms with Crippen molar-refractivity contribution in [3.63, 3.8) is 0 Å². The first-order valence-corrected chi connectivity index (χ1v) is 10.4. The number of aromatic nitrogens is 3. The molecular formula is C16H23N5O3S2. The van der Waals surface area contributed by atoms with Crippen LogP contribution in [0.2, 0.25) is 0 Å².